The van der Waals surface area contributed by atoms with E-state index in [2.05, 4.69) is 22.0 Å². The molecule has 0 saturated heterocycles. The summed E-state index contributed by atoms with van der Waals surface area (Å²) in [7, 11) is 0. The number of unbranched alkanes of at least 4 members (excludes halogenated alkanes) is 1. The smallest absolute Gasteiger partial charge is 0.269 e. The number of pyridine rings is 1. The maximum Gasteiger partial charge on any atom is 0.269 e. The molecule has 4 N–H and O–H groups in total. The lowest BCUT2D eigenvalue weighted by Gasteiger charge is -2.09. The third-order valence-electron chi connectivity index (χ3n) is 3.17. The SMILES string of the molecule is CSCCCCNC(=O)c1cc2ccccc2c(NN)n1. The Morgan fingerprint density at radius 3 is 2.90 bits per heavy atom. The summed E-state index contributed by atoms with van der Waals surface area (Å²) in [5, 5.41) is 4.73. The third-order valence-corrected chi connectivity index (χ3v) is 3.87. The zero-order chi connectivity index (χ0) is 15.1. The van der Waals surface area contributed by atoms with E-state index in [1.54, 1.807) is 6.07 Å². The summed E-state index contributed by atoms with van der Waals surface area (Å²) < 4.78 is 0. The van der Waals surface area contributed by atoms with Crippen molar-refractivity contribution in [1.29, 1.82) is 0 Å². The van der Waals surface area contributed by atoms with Crippen molar-refractivity contribution in [2.24, 2.45) is 5.84 Å². The van der Waals surface area contributed by atoms with Crippen LogP contribution in [-0.2, 0) is 0 Å². The average molecular weight is 304 g/mol. The van der Waals surface area contributed by atoms with E-state index in [-0.39, 0.29) is 5.91 Å². The van der Waals surface area contributed by atoms with Crippen LogP contribution in [0.2, 0.25) is 0 Å². The second-order valence-corrected chi connectivity index (χ2v) is 5.66. The number of nitrogen functional groups attached to an aromatic ring is 1. The Labute approximate surface area is 128 Å². The molecule has 1 aromatic heterocycles. The third kappa shape index (κ3) is 4.09. The van der Waals surface area contributed by atoms with E-state index in [4.69, 9.17) is 5.84 Å². The van der Waals surface area contributed by atoms with Crippen LogP contribution in [0.5, 0.6) is 0 Å². The summed E-state index contributed by atoms with van der Waals surface area (Å²) in [5.74, 6) is 6.96. The lowest BCUT2D eigenvalue weighted by atomic mass is 10.1. The van der Waals surface area contributed by atoms with Crippen LogP contribution in [0.15, 0.2) is 30.3 Å². The normalized spacial score (nSPS) is 10.6. The monoisotopic (exact) mass is 304 g/mol. The molecule has 2 aromatic rings. The molecule has 0 radical (unpaired) electrons. The molecular formula is C15H20N4OS. The number of aromatic nitrogens is 1. The summed E-state index contributed by atoms with van der Waals surface area (Å²) in [6, 6.07) is 9.48. The molecule has 2 rings (SSSR count). The number of nitrogens with two attached hydrogens (primary N) is 1. The number of fused-ring (bicyclic) bond motifs is 1. The van der Waals surface area contributed by atoms with Crippen molar-refractivity contribution in [3.05, 3.63) is 36.0 Å². The molecule has 5 nitrogen and oxygen atoms in total. The zero-order valence-electron chi connectivity index (χ0n) is 12.1. The highest BCUT2D eigenvalue weighted by Crippen LogP contribution is 2.21. The first kappa shape index (κ1) is 15.6. The highest BCUT2D eigenvalue weighted by atomic mass is 32.2. The van der Waals surface area contributed by atoms with Crippen LogP contribution >= 0.6 is 11.8 Å². The van der Waals surface area contributed by atoms with Gasteiger partial charge in [-0.15, -0.1) is 0 Å². The van der Waals surface area contributed by atoms with Crippen molar-refractivity contribution in [3.63, 3.8) is 0 Å². The fourth-order valence-electron chi connectivity index (χ4n) is 2.09. The maximum absolute atomic E-state index is 12.1. The lowest BCUT2D eigenvalue weighted by molar-refractivity contribution is 0.0948. The Balaban J connectivity index is 2.09. The van der Waals surface area contributed by atoms with E-state index in [0.29, 0.717) is 18.1 Å². The minimum absolute atomic E-state index is 0.165. The summed E-state index contributed by atoms with van der Waals surface area (Å²) in [5.41, 5.74) is 2.94. The topological polar surface area (TPSA) is 80.0 Å². The van der Waals surface area contributed by atoms with Crippen LogP contribution in [0.1, 0.15) is 23.3 Å². The van der Waals surface area contributed by atoms with Gasteiger partial charge in [0.25, 0.3) is 5.91 Å². The van der Waals surface area contributed by atoms with Crippen molar-refractivity contribution < 1.29 is 4.79 Å². The lowest BCUT2D eigenvalue weighted by Crippen LogP contribution is -2.26. The van der Waals surface area contributed by atoms with Crippen LogP contribution in [0.25, 0.3) is 10.8 Å². The van der Waals surface area contributed by atoms with E-state index in [0.717, 1.165) is 29.4 Å². The number of nitrogens with zero attached hydrogens (tertiary/aromatic N) is 1. The van der Waals surface area contributed by atoms with Gasteiger partial charge in [0, 0.05) is 11.9 Å². The van der Waals surface area contributed by atoms with Gasteiger partial charge in [0.1, 0.15) is 11.5 Å². The predicted octanol–water partition coefficient (Wildman–Crippen LogP) is 2.39. The van der Waals surface area contributed by atoms with Gasteiger partial charge in [-0.2, -0.15) is 11.8 Å². The molecule has 0 spiro atoms. The van der Waals surface area contributed by atoms with E-state index in [1.165, 1.54) is 0 Å². The van der Waals surface area contributed by atoms with E-state index >= 15 is 0 Å². The van der Waals surface area contributed by atoms with E-state index < -0.39 is 0 Å². The van der Waals surface area contributed by atoms with Gasteiger partial charge in [0.15, 0.2) is 0 Å². The first-order chi connectivity index (χ1) is 10.3. The molecule has 0 aliphatic rings. The van der Waals surface area contributed by atoms with Gasteiger partial charge in [-0.3, -0.25) is 4.79 Å². The molecule has 1 amide bonds. The maximum atomic E-state index is 12.1. The number of amides is 1. The fourth-order valence-corrected chi connectivity index (χ4v) is 2.58. The Hall–Kier alpha value is -1.79. The molecule has 0 unspecified atom stereocenters. The number of hydrazine groups is 1. The molecule has 1 heterocycles. The van der Waals surface area contributed by atoms with Crippen LogP contribution in [0, 0.1) is 0 Å². The largest absolute Gasteiger partial charge is 0.351 e. The van der Waals surface area contributed by atoms with Gasteiger partial charge < -0.3 is 10.7 Å². The molecule has 0 aliphatic carbocycles. The minimum atomic E-state index is -0.165. The Morgan fingerprint density at radius 1 is 1.33 bits per heavy atom. The van der Waals surface area contributed by atoms with Gasteiger partial charge in [-0.25, -0.2) is 10.8 Å². The Kier molecular flexibility index (Phi) is 5.83. The average Bonchev–Trinajstić information content (AvgIpc) is 2.53. The highest BCUT2D eigenvalue weighted by Gasteiger charge is 2.11. The Bertz CT molecular complexity index is 618. The van der Waals surface area contributed by atoms with Crippen molar-refractivity contribution in [3.8, 4) is 0 Å². The van der Waals surface area contributed by atoms with Crippen molar-refractivity contribution in [2.45, 2.75) is 12.8 Å². The number of hydrogen-bond donors (Lipinski definition) is 3. The van der Waals surface area contributed by atoms with E-state index in [9.17, 15) is 4.79 Å². The zero-order valence-corrected chi connectivity index (χ0v) is 12.9. The molecular weight excluding hydrogens is 284 g/mol. The van der Waals surface area contributed by atoms with E-state index in [1.807, 2.05) is 36.0 Å². The molecule has 0 saturated carbocycles. The van der Waals surface area contributed by atoms with Crippen molar-refractivity contribution in [1.82, 2.24) is 10.3 Å². The molecule has 21 heavy (non-hydrogen) atoms. The molecule has 6 heteroatoms. The van der Waals surface area contributed by atoms with Crippen LogP contribution < -0.4 is 16.6 Å². The van der Waals surface area contributed by atoms with Gasteiger partial charge in [-0.1, -0.05) is 24.3 Å². The minimum Gasteiger partial charge on any atom is -0.351 e. The van der Waals surface area contributed by atoms with Crippen molar-refractivity contribution >= 4 is 34.3 Å². The number of thioether (sulfide) groups is 1. The van der Waals surface area contributed by atoms with Crippen molar-refractivity contribution in [2.75, 3.05) is 24.0 Å². The Morgan fingerprint density at radius 2 is 2.14 bits per heavy atom. The molecule has 0 fully saturated rings. The van der Waals surface area contributed by atoms with Gasteiger partial charge >= 0.3 is 0 Å². The highest BCUT2D eigenvalue weighted by molar-refractivity contribution is 7.98. The molecule has 0 bridgehead atoms. The molecule has 0 atom stereocenters. The second kappa shape index (κ2) is 7.85. The predicted molar refractivity (Wildman–Crippen MR) is 89.5 cm³/mol. The first-order valence-corrected chi connectivity index (χ1v) is 8.29. The molecule has 112 valence electrons. The summed E-state index contributed by atoms with van der Waals surface area (Å²) in [6.07, 6.45) is 4.16. The standard InChI is InChI=1S/C15H20N4OS/c1-21-9-5-4-8-17-15(20)13-10-11-6-2-3-7-12(11)14(18-13)19-16/h2-3,6-7,10H,4-5,8-9,16H2,1H3,(H,17,20)(H,18,19). The number of nitrogens with one attached hydrogen (secondary N) is 2. The number of rotatable bonds is 7. The van der Waals surface area contributed by atoms with Gasteiger partial charge in [-0.05, 0) is 36.3 Å². The van der Waals surface area contributed by atoms with Gasteiger partial charge in [0.05, 0.1) is 0 Å². The first-order valence-electron chi connectivity index (χ1n) is 6.90. The fraction of sp³-hybridized carbons (Fsp3) is 0.333. The van der Waals surface area contributed by atoms with Gasteiger partial charge in [0.2, 0.25) is 0 Å². The second-order valence-electron chi connectivity index (χ2n) is 4.68. The molecule has 0 aliphatic heterocycles. The molecule has 1 aromatic carbocycles. The van der Waals surface area contributed by atoms with Crippen LogP contribution in [-0.4, -0.2) is 29.4 Å². The van der Waals surface area contributed by atoms with Crippen LogP contribution in [0.4, 0.5) is 5.82 Å². The van der Waals surface area contributed by atoms with Crippen LogP contribution in [0.3, 0.4) is 0 Å². The quantitative estimate of drug-likeness (QED) is 0.416. The number of hydrogen-bond acceptors (Lipinski definition) is 5. The number of benzene rings is 1. The number of carbonyl (C=O) groups is 1. The number of carbonyl (C=O) groups excluding carboxylic acids is 1. The summed E-state index contributed by atoms with van der Waals surface area (Å²) >= 11 is 1.82. The number of anilines is 1. The summed E-state index contributed by atoms with van der Waals surface area (Å²) in [4.78, 5) is 16.4. The summed E-state index contributed by atoms with van der Waals surface area (Å²) in [6.45, 7) is 0.666.